The Hall–Kier alpha value is -3.07. The second-order valence-electron chi connectivity index (χ2n) is 7.16. The summed E-state index contributed by atoms with van der Waals surface area (Å²) in [5, 5.41) is 7.32. The normalized spacial score (nSPS) is 11.5. The van der Waals surface area contributed by atoms with Crippen LogP contribution in [0.2, 0.25) is 0 Å². The van der Waals surface area contributed by atoms with Gasteiger partial charge in [-0.3, -0.25) is 4.79 Å². The highest BCUT2D eigenvalue weighted by molar-refractivity contribution is 7.91. The molecule has 0 saturated heterocycles. The van der Waals surface area contributed by atoms with Gasteiger partial charge in [0.15, 0.2) is 9.84 Å². The number of carbonyl (C=O) groups is 1. The zero-order valence-electron chi connectivity index (χ0n) is 17.7. The van der Waals surface area contributed by atoms with Crippen molar-refractivity contribution >= 4 is 21.4 Å². The third-order valence-corrected chi connectivity index (χ3v) is 6.57. The SMILES string of the molecule is CCS(=O)(=O)c1ccc(NC(=O)Cc2c(C)nn(-c3nc(C)cc(C)n3)c2C)cc1. The molecule has 8 nitrogen and oxygen atoms in total. The van der Waals surface area contributed by atoms with Crippen LogP contribution in [0.1, 0.15) is 35.3 Å². The van der Waals surface area contributed by atoms with Crippen molar-refractivity contribution in [2.75, 3.05) is 11.1 Å². The van der Waals surface area contributed by atoms with Crippen molar-refractivity contribution in [3.05, 3.63) is 58.7 Å². The summed E-state index contributed by atoms with van der Waals surface area (Å²) in [5.74, 6) is 0.298. The average Bonchev–Trinajstić information content (AvgIpc) is 2.96. The van der Waals surface area contributed by atoms with E-state index in [1.165, 1.54) is 12.1 Å². The van der Waals surface area contributed by atoms with E-state index in [4.69, 9.17) is 0 Å². The summed E-state index contributed by atoms with van der Waals surface area (Å²) in [5.41, 5.74) is 4.57. The molecule has 2 heterocycles. The molecule has 0 fully saturated rings. The first-order chi connectivity index (χ1) is 14.1. The van der Waals surface area contributed by atoms with Crippen LogP contribution >= 0.6 is 0 Å². The summed E-state index contributed by atoms with van der Waals surface area (Å²) in [6.07, 6.45) is 0.136. The van der Waals surface area contributed by atoms with Crippen molar-refractivity contribution < 1.29 is 13.2 Å². The maximum atomic E-state index is 12.6. The fourth-order valence-electron chi connectivity index (χ4n) is 3.21. The lowest BCUT2D eigenvalue weighted by Gasteiger charge is -2.08. The van der Waals surface area contributed by atoms with Crippen molar-refractivity contribution in [2.45, 2.75) is 45.9 Å². The Morgan fingerprint density at radius 1 is 1.03 bits per heavy atom. The lowest BCUT2D eigenvalue weighted by atomic mass is 10.1. The van der Waals surface area contributed by atoms with Gasteiger partial charge >= 0.3 is 0 Å². The van der Waals surface area contributed by atoms with E-state index in [9.17, 15) is 13.2 Å². The van der Waals surface area contributed by atoms with Crippen molar-refractivity contribution in [3.8, 4) is 5.95 Å². The monoisotopic (exact) mass is 427 g/mol. The largest absolute Gasteiger partial charge is 0.326 e. The molecule has 3 aromatic rings. The predicted molar refractivity (Wildman–Crippen MR) is 115 cm³/mol. The maximum absolute atomic E-state index is 12.6. The number of nitrogens with zero attached hydrogens (tertiary/aromatic N) is 4. The van der Waals surface area contributed by atoms with Crippen LogP contribution in [-0.2, 0) is 21.1 Å². The Kier molecular flexibility index (Phi) is 6.02. The number of aryl methyl sites for hydroxylation is 3. The average molecular weight is 428 g/mol. The first-order valence-corrected chi connectivity index (χ1v) is 11.3. The zero-order valence-corrected chi connectivity index (χ0v) is 18.5. The van der Waals surface area contributed by atoms with E-state index in [1.807, 2.05) is 33.8 Å². The molecule has 0 radical (unpaired) electrons. The predicted octanol–water partition coefficient (Wildman–Crippen LogP) is 2.87. The van der Waals surface area contributed by atoms with Gasteiger partial charge in [0.2, 0.25) is 5.91 Å². The maximum Gasteiger partial charge on any atom is 0.251 e. The molecule has 1 amide bonds. The molecule has 1 aromatic carbocycles. The van der Waals surface area contributed by atoms with Crippen LogP contribution in [0.25, 0.3) is 5.95 Å². The summed E-state index contributed by atoms with van der Waals surface area (Å²) in [6, 6.07) is 8.07. The molecule has 1 N–H and O–H groups in total. The van der Waals surface area contributed by atoms with Gasteiger partial charge in [-0.2, -0.15) is 5.10 Å². The van der Waals surface area contributed by atoms with Gasteiger partial charge in [0.05, 0.1) is 22.8 Å². The van der Waals surface area contributed by atoms with E-state index >= 15 is 0 Å². The molecule has 9 heteroatoms. The molecule has 0 saturated carbocycles. The van der Waals surface area contributed by atoms with Gasteiger partial charge in [0.1, 0.15) is 0 Å². The smallest absolute Gasteiger partial charge is 0.251 e. The number of hydrogen-bond acceptors (Lipinski definition) is 6. The van der Waals surface area contributed by atoms with Crippen LogP contribution in [0.5, 0.6) is 0 Å². The number of carbonyl (C=O) groups excluding carboxylic acids is 1. The van der Waals surface area contributed by atoms with E-state index < -0.39 is 9.84 Å². The highest BCUT2D eigenvalue weighted by Gasteiger charge is 2.18. The zero-order chi connectivity index (χ0) is 22.1. The fourth-order valence-corrected chi connectivity index (χ4v) is 4.09. The third kappa shape index (κ3) is 4.56. The van der Waals surface area contributed by atoms with Gasteiger partial charge in [-0.25, -0.2) is 23.1 Å². The third-order valence-electron chi connectivity index (χ3n) is 4.82. The van der Waals surface area contributed by atoms with Crippen LogP contribution in [0.4, 0.5) is 5.69 Å². The lowest BCUT2D eigenvalue weighted by molar-refractivity contribution is -0.115. The molecule has 30 heavy (non-hydrogen) atoms. The highest BCUT2D eigenvalue weighted by Crippen LogP contribution is 2.19. The first kappa shape index (κ1) is 21.6. The Bertz CT molecular complexity index is 1180. The van der Waals surface area contributed by atoms with Gasteiger partial charge in [-0.05, 0) is 58.0 Å². The van der Waals surface area contributed by atoms with Crippen molar-refractivity contribution in [1.82, 2.24) is 19.7 Å². The molecule has 0 aliphatic carbocycles. The van der Waals surface area contributed by atoms with Gasteiger partial charge in [0.25, 0.3) is 5.95 Å². The number of sulfone groups is 1. The summed E-state index contributed by atoms with van der Waals surface area (Å²) in [7, 11) is -3.27. The molecule has 158 valence electrons. The first-order valence-electron chi connectivity index (χ1n) is 9.61. The minimum atomic E-state index is -3.27. The van der Waals surface area contributed by atoms with Gasteiger partial charge < -0.3 is 5.32 Å². The Balaban J connectivity index is 1.78. The number of nitrogens with one attached hydrogen (secondary N) is 1. The minimum absolute atomic E-state index is 0.0332. The molecular weight excluding hydrogens is 402 g/mol. The number of amides is 1. The van der Waals surface area contributed by atoms with Crippen molar-refractivity contribution in [1.29, 1.82) is 0 Å². The topological polar surface area (TPSA) is 107 Å². The Morgan fingerprint density at radius 3 is 2.20 bits per heavy atom. The lowest BCUT2D eigenvalue weighted by Crippen LogP contribution is -2.15. The van der Waals surface area contributed by atoms with Crippen LogP contribution in [0, 0.1) is 27.7 Å². The molecule has 0 aliphatic rings. The van der Waals surface area contributed by atoms with Gasteiger partial charge in [-0.15, -0.1) is 0 Å². The van der Waals surface area contributed by atoms with E-state index in [0.717, 1.165) is 28.3 Å². The summed E-state index contributed by atoms with van der Waals surface area (Å²) < 4.78 is 25.5. The molecule has 0 atom stereocenters. The quantitative estimate of drug-likeness (QED) is 0.648. The number of aromatic nitrogens is 4. The molecule has 0 unspecified atom stereocenters. The highest BCUT2D eigenvalue weighted by atomic mass is 32.2. The van der Waals surface area contributed by atoms with E-state index in [1.54, 1.807) is 23.7 Å². The Labute approximate surface area is 176 Å². The number of anilines is 1. The second kappa shape index (κ2) is 8.35. The van der Waals surface area contributed by atoms with Gasteiger partial charge in [0, 0.05) is 28.3 Å². The summed E-state index contributed by atoms with van der Waals surface area (Å²) in [6.45, 7) is 9.12. The van der Waals surface area contributed by atoms with Crippen LogP contribution in [0.15, 0.2) is 35.2 Å². The van der Waals surface area contributed by atoms with Crippen molar-refractivity contribution in [2.24, 2.45) is 0 Å². The Morgan fingerprint density at radius 2 is 1.63 bits per heavy atom. The number of benzene rings is 1. The minimum Gasteiger partial charge on any atom is -0.326 e. The van der Waals surface area contributed by atoms with Crippen molar-refractivity contribution in [3.63, 3.8) is 0 Å². The molecule has 3 rings (SSSR count). The van der Waals surface area contributed by atoms with Crippen LogP contribution in [-0.4, -0.2) is 39.8 Å². The molecular formula is C21H25N5O3S. The van der Waals surface area contributed by atoms with Crippen LogP contribution in [0.3, 0.4) is 0 Å². The standard InChI is InChI=1S/C21H25N5O3S/c1-6-30(28,29)18-9-7-17(8-10-18)24-20(27)12-19-15(4)25-26(16(19)5)21-22-13(2)11-14(3)23-21/h7-11H,6,12H2,1-5H3,(H,24,27). The van der Waals surface area contributed by atoms with E-state index in [0.29, 0.717) is 11.6 Å². The number of hydrogen-bond donors (Lipinski definition) is 1. The van der Waals surface area contributed by atoms with E-state index in [-0.39, 0.29) is 23.0 Å². The van der Waals surface area contributed by atoms with Gasteiger partial charge in [-0.1, -0.05) is 6.92 Å². The number of rotatable bonds is 6. The second-order valence-corrected chi connectivity index (χ2v) is 9.44. The van der Waals surface area contributed by atoms with E-state index in [2.05, 4.69) is 20.4 Å². The molecule has 0 spiro atoms. The van der Waals surface area contributed by atoms with Crippen LogP contribution < -0.4 is 5.32 Å². The molecule has 0 bridgehead atoms. The summed E-state index contributed by atoms with van der Waals surface area (Å²) >= 11 is 0. The molecule has 2 aromatic heterocycles. The fraction of sp³-hybridized carbons (Fsp3) is 0.333. The summed E-state index contributed by atoms with van der Waals surface area (Å²) in [4.78, 5) is 21.7. The molecule has 0 aliphatic heterocycles.